The van der Waals surface area contributed by atoms with Crippen molar-refractivity contribution in [2.75, 3.05) is 17.2 Å². The van der Waals surface area contributed by atoms with Gasteiger partial charge in [-0.05, 0) is 89.9 Å². The Bertz CT molecular complexity index is 1370. The first kappa shape index (κ1) is 28.4. The summed E-state index contributed by atoms with van der Waals surface area (Å²) >= 11 is 0. The maximum Gasteiger partial charge on any atom is 0.399 e. The molecule has 0 aliphatic carbocycles. The van der Waals surface area contributed by atoms with Crippen LogP contribution in [0, 0.1) is 0 Å². The molecule has 2 aromatic heterocycles. The van der Waals surface area contributed by atoms with E-state index in [4.69, 9.17) is 0 Å². The SMILES string of the molecule is CC(C)NC(=O)c1cnc(Nc2ccc3c(c2)CCNC3(C)C)cc1Nc1cccc(C(C)(C)C(F)(F)F)n1. The molecule has 0 atom stereocenters. The third kappa shape index (κ3) is 6.16. The number of halogens is 3. The summed E-state index contributed by atoms with van der Waals surface area (Å²) in [7, 11) is 0. The lowest BCUT2D eigenvalue weighted by molar-refractivity contribution is -0.181. The number of alkyl halides is 3. The second kappa shape index (κ2) is 10.5. The van der Waals surface area contributed by atoms with Gasteiger partial charge in [-0.1, -0.05) is 12.1 Å². The van der Waals surface area contributed by atoms with Gasteiger partial charge in [0.15, 0.2) is 0 Å². The lowest BCUT2D eigenvalue weighted by atomic mass is 9.85. The van der Waals surface area contributed by atoms with E-state index in [-0.39, 0.29) is 34.6 Å². The largest absolute Gasteiger partial charge is 0.399 e. The number of amides is 1. The summed E-state index contributed by atoms with van der Waals surface area (Å²) in [5, 5.41) is 12.7. The van der Waals surface area contributed by atoms with Crippen molar-refractivity contribution in [3.8, 4) is 0 Å². The molecule has 0 fully saturated rings. The molecule has 3 heterocycles. The molecule has 0 saturated heterocycles. The van der Waals surface area contributed by atoms with Crippen molar-refractivity contribution in [1.29, 1.82) is 0 Å². The molecule has 1 aliphatic heterocycles. The van der Waals surface area contributed by atoms with Gasteiger partial charge in [-0.3, -0.25) is 4.79 Å². The van der Waals surface area contributed by atoms with E-state index in [1.54, 1.807) is 12.1 Å². The van der Waals surface area contributed by atoms with Crippen molar-refractivity contribution in [2.24, 2.45) is 0 Å². The number of carbonyl (C=O) groups excluding carboxylic acids is 1. The van der Waals surface area contributed by atoms with Gasteiger partial charge in [-0.2, -0.15) is 13.2 Å². The predicted octanol–water partition coefficient (Wildman–Crippen LogP) is 6.32. The van der Waals surface area contributed by atoms with Crippen LogP contribution < -0.4 is 21.3 Å². The molecule has 7 nitrogen and oxygen atoms in total. The lowest BCUT2D eigenvalue weighted by Crippen LogP contribution is -2.42. The smallest absolute Gasteiger partial charge is 0.350 e. The number of fused-ring (bicyclic) bond motifs is 1. The summed E-state index contributed by atoms with van der Waals surface area (Å²) in [4.78, 5) is 21.6. The fourth-order valence-electron chi connectivity index (χ4n) is 4.52. The second-order valence-electron chi connectivity index (χ2n) is 11.2. The van der Waals surface area contributed by atoms with Gasteiger partial charge in [-0.15, -0.1) is 0 Å². The molecule has 39 heavy (non-hydrogen) atoms. The van der Waals surface area contributed by atoms with Gasteiger partial charge in [0, 0.05) is 29.5 Å². The molecule has 3 aromatic rings. The highest BCUT2D eigenvalue weighted by atomic mass is 19.4. The molecule has 0 bridgehead atoms. The Labute approximate surface area is 227 Å². The Balaban J connectivity index is 1.67. The number of nitrogens with zero attached hydrogens (tertiary/aromatic N) is 2. The summed E-state index contributed by atoms with van der Waals surface area (Å²) in [6, 6.07) is 12.1. The standard InChI is InChI=1S/C29H35F3N6O/c1-17(2)35-26(39)20-16-33-25(36-19-10-11-21-18(14-19)12-13-34-28(21,5)6)15-22(20)37-24-9-7-8-23(38-24)27(3,4)29(30,31)32/h7-11,14-17,34H,12-13H2,1-6H3,(H,35,39)(H2,33,36,37,38). The average Bonchev–Trinajstić information content (AvgIpc) is 2.83. The van der Waals surface area contributed by atoms with Gasteiger partial charge in [0.1, 0.15) is 17.1 Å². The van der Waals surface area contributed by atoms with Crippen LogP contribution in [0.2, 0.25) is 0 Å². The Morgan fingerprint density at radius 3 is 2.49 bits per heavy atom. The number of pyridine rings is 2. The van der Waals surface area contributed by atoms with Crippen molar-refractivity contribution in [3.05, 3.63) is 71.0 Å². The molecule has 0 unspecified atom stereocenters. The summed E-state index contributed by atoms with van der Waals surface area (Å²) in [6.45, 7) is 11.0. The zero-order chi connectivity index (χ0) is 28.6. The minimum absolute atomic E-state index is 0.116. The van der Waals surface area contributed by atoms with Crippen LogP contribution in [0.4, 0.5) is 36.2 Å². The van der Waals surface area contributed by atoms with Crippen LogP contribution in [0.15, 0.2) is 48.7 Å². The fraction of sp³-hybridized carbons (Fsp3) is 0.414. The Hall–Kier alpha value is -3.66. The average molecular weight is 541 g/mol. The van der Waals surface area contributed by atoms with E-state index in [1.165, 1.54) is 29.5 Å². The normalized spacial score (nSPS) is 15.0. The van der Waals surface area contributed by atoms with Gasteiger partial charge in [-0.25, -0.2) is 9.97 Å². The quantitative estimate of drug-likeness (QED) is 0.280. The minimum atomic E-state index is -4.48. The van der Waals surface area contributed by atoms with Crippen LogP contribution in [0.3, 0.4) is 0 Å². The molecular weight excluding hydrogens is 505 g/mol. The third-order valence-electron chi connectivity index (χ3n) is 6.94. The van der Waals surface area contributed by atoms with Crippen molar-refractivity contribution in [3.63, 3.8) is 0 Å². The molecule has 208 valence electrons. The van der Waals surface area contributed by atoms with Crippen molar-refractivity contribution >= 4 is 28.9 Å². The highest BCUT2D eigenvalue weighted by Gasteiger charge is 2.49. The van der Waals surface area contributed by atoms with Crippen LogP contribution in [0.1, 0.15) is 68.7 Å². The van der Waals surface area contributed by atoms with E-state index in [9.17, 15) is 18.0 Å². The van der Waals surface area contributed by atoms with Crippen LogP contribution in [0.25, 0.3) is 0 Å². The van der Waals surface area contributed by atoms with Gasteiger partial charge < -0.3 is 21.3 Å². The van der Waals surface area contributed by atoms with Crippen molar-refractivity contribution in [1.82, 2.24) is 20.6 Å². The summed E-state index contributed by atoms with van der Waals surface area (Å²) in [5.41, 5.74) is 1.53. The molecule has 4 N–H and O–H groups in total. The first-order chi connectivity index (χ1) is 18.2. The maximum atomic E-state index is 13.6. The molecule has 4 rings (SSSR count). The Kier molecular flexibility index (Phi) is 7.62. The monoisotopic (exact) mass is 540 g/mol. The molecule has 1 aliphatic rings. The predicted molar refractivity (Wildman–Crippen MR) is 148 cm³/mol. The second-order valence-corrected chi connectivity index (χ2v) is 11.2. The fourth-order valence-corrected chi connectivity index (χ4v) is 4.52. The van der Waals surface area contributed by atoms with Gasteiger partial charge in [0.2, 0.25) is 0 Å². The van der Waals surface area contributed by atoms with E-state index in [1.807, 2.05) is 19.9 Å². The van der Waals surface area contributed by atoms with E-state index in [0.717, 1.165) is 32.5 Å². The van der Waals surface area contributed by atoms with E-state index in [0.29, 0.717) is 11.5 Å². The number of aromatic nitrogens is 2. The number of carbonyl (C=O) groups is 1. The van der Waals surface area contributed by atoms with Gasteiger partial charge >= 0.3 is 6.18 Å². The number of rotatable bonds is 7. The molecule has 0 radical (unpaired) electrons. The minimum Gasteiger partial charge on any atom is -0.350 e. The first-order valence-corrected chi connectivity index (χ1v) is 12.9. The summed E-state index contributed by atoms with van der Waals surface area (Å²) in [5.74, 6) is 0.296. The zero-order valence-electron chi connectivity index (χ0n) is 23.0. The summed E-state index contributed by atoms with van der Waals surface area (Å²) in [6.07, 6.45) is -2.13. The van der Waals surface area contributed by atoms with Crippen LogP contribution >= 0.6 is 0 Å². The van der Waals surface area contributed by atoms with Crippen LogP contribution in [-0.2, 0) is 17.4 Å². The molecule has 0 saturated carbocycles. The third-order valence-corrected chi connectivity index (χ3v) is 6.94. The van der Waals surface area contributed by atoms with Gasteiger partial charge in [0.25, 0.3) is 5.91 Å². The molecule has 1 amide bonds. The maximum absolute atomic E-state index is 13.6. The zero-order valence-corrected chi connectivity index (χ0v) is 23.0. The van der Waals surface area contributed by atoms with E-state index in [2.05, 4.69) is 57.2 Å². The van der Waals surface area contributed by atoms with Crippen LogP contribution in [-0.4, -0.2) is 34.6 Å². The number of benzene rings is 1. The van der Waals surface area contributed by atoms with Gasteiger partial charge in [0.05, 0.1) is 16.9 Å². The summed E-state index contributed by atoms with van der Waals surface area (Å²) < 4.78 is 40.9. The Morgan fingerprint density at radius 2 is 1.79 bits per heavy atom. The number of hydrogen-bond donors (Lipinski definition) is 4. The van der Waals surface area contributed by atoms with Crippen molar-refractivity contribution in [2.45, 2.75) is 71.1 Å². The number of anilines is 4. The number of nitrogens with one attached hydrogen (secondary N) is 4. The number of hydrogen-bond acceptors (Lipinski definition) is 6. The molecule has 1 aromatic carbocycles. The first-order valence-electron chi connectivity index (χ1n) is 12.9. The highest BCUT2D eigenvalue weighted by Crippen LogP contribution is 2.40. The molecular formula is C29H35F3N6O. The van der Waals surface area contributed by atoms with E-state index < -0.39 is 11.6 Å². The van der Waals surface area contributed by atoms with E-state index >= 15 is 0 Å². The van der Waals surface area contributed by atoms with Crippen LogP contribution in [0.5, 0.6) is 0 Å². The van der Waals surface area contributed by atoms with Crippen molar-refractivity contribution < 1.29 is 18.0 Å². The molecule has 0 spiro atoms. The molecule has 10 heteroatoms. The Morgan fingerprint density at radius 1 is 1.05 bits per heavy atom. The highest BCUT2D eigenvalue weighted by molar-refractivity contribution is 6.00. The topological polar surface area (TPSA) is 91.0 Å². The lowest BCUT2D eigenvalue weighted by Gasteiger charge is -2.34.